The van der Waals surface area contributed by atoms with Crippen molar-refractivity contribution in [3.05, 3.63) is 94.5 Å². The molecule has 0 aromatic heterocycles. The predicted molar refractivity (Wildman–Crippen MR) is 127 cm³/mol. The molecule has 0 spiro atoms. The van der Waals surface area contributed by atoms with Gasteiger partial charge in [-0.1, -0.05) is 43.7 Å². The van der Waals surface area contributed by atoms with E-state index in [1.165, 1.54) is 12.1 Å². The number of esters is 1. The fourth-order valence-electron chi connectivity index (χ4n) is 3.25. The molecule has 0 saturated heterocycles. The Morgan fingerprint density at radius 2 is 1.67 bits per heavy atom. The number of nitrogens with zero attached hydrogens (tertiary/aromatic N) is 1. The lowest BCUT2D eigenvalue weighted by molar-refractivity contribution is 0.0472. The third kappa shape index (κ3) is 6.43. The van der Waals surface area contributed by atoms with E-state index in [2.05, 4.69) is 11.6 Å². The Bertz CT molecular complexity index is 1260. The molecule has 0 amide bonds. The van der Waals surface area contributed by atoms with Crippen LogP contribution in [0.4, 0.5) is 5.69 Å². The highest BCUT2D eigenvalue weighted by molar-refractivity contribution is 7.92. The summed E-state index contributed by atoms with van der Waals surface area (Å²) >= 11 is 0. The Kier molecular flexibility index (Phi) is 7.86. The summed E-state index contributed by atoms with van der Waals surface area (Å²) in [7, 11) is -3.89. The number of rotatable bonds is 9. The molecule has 0 atom stereocenters. The molecular formula is C26H26N2O4S. The number of ether oxygens (including phenoxy) is 1. The zero-order valence-corrected chi connectivity index (χ0v) is 19.5. The Balaban J connectivity index is 1.72. The van der Waals surface area contributed by atoms with Gasteiger partial charge >= 0.3 is 5.97 Å². The smallest absolute Gasteiger partial charge is 0.338 e. The molecule has 0 heterocycles. The summed E-state index contributed by atoms with van der Waals surface area (Å²) in [6.45, 7) is 3.82. The maximum atomic E-state index is 13.0. The van der Waals surface area contributed by atoms with Crippen molar-refractivity contribution in [3.63, 3.8) is 0 Å². The Hall–Kier alpha value is -3.63. The van der Waals surface area contributed by atoms with Crippen molar-refractivity contribution in [1.29, 1.82) is 5.26 Å². The maximum absolute atomic E-state index is 13.0. The van der Waals surface area contributed by atoms with Crippen LogP contribution >= 0.6 is 0 Å². The van der Waals surface area contributed by atoms with E-state index in [-0.39, 0.29) is 17.1 Å². The molecule has 0 unspecified atom stereocenters. The van der Waals surface area contributed by atoms with Crippen LogP contribution in [-0.2, 0) is 27.8 Å². The molecule has 3 aromatic rings. The Labute approximate surface area is 194 Å². The largest absolute Gasteiger partial charge is 0.457 e. The van der Waals surface area contributed by atoms with Gasteiger partial charge < -0.3 is 4.74 Å². The molecule has 0 aliphatic heterocycles. The molecule has 3 aromatic carbocycles. The van der Waals surface area contributed by atoms with Crippen LogP contribution in [0.3, 0.4) is 0 Å². The average Bonchev–Trinajstić information content (AvgIpc) is 2.82. The van der Waals surface area contributed by atoms with Gasteiger partial charge in [0.05, 0.1) is 22.1 Å². The first kappa shape index (κ1) is 24.0. The van der Waals surface area contributed by atoms with Gasteiger partial charge in [-0.25, -0.2) is 13.2 Å². The summed E-state index contributed by atoms with van der Waals surface area (Å²) in [6, 6.07) is 20.5. The molecule has 170 valence electrons. The van der Waals surface area contributed by atoms with Crippen molar-refractivity contribution in [3.8, 4) is 6.07 Å². The van der Waals surface area contributed by atoms with Gasteiger partial charge in [0.15, 0.2) is 0 Å². The van der Waals surface area contributed by atoms with E-state index in [9.17, 15) is 13.2 Å². The summed E-state index contributed by atoms with van der Waals surface area (Å²) in [5, 5.41) is 8.86. The summed E-state index contributed by atoms with van der Waals surface area (Å²) in [4.78, 5) is 12.5. The lowest BCUT2D eigenvalue weighted by Gasteiger charge is -2.12. The number of carbonyl (C=O) groups is 1. The van der Waals surface area contributed by atoms with Gasteiger partial charge in [-0.05, 0) is 72.9 Å². The molecule has 1 N–H and O–H groups in total. The van der Waals surface area contributed by atoms with Gasteiger partial charge in [0.25, 0.3) is 10.0 Å². The lowest BCUT2D eigenvalue weighted by Crippen LogP contribution is -2.15. The predicted octanol–water partition coefficient (Wildman–Crippen LogP) is 5.37. The number of anilines is 1. The number of nitrogens with one attached hydrogen (secondary N) is 1. The van der Waals surface area contributed by atoms with Crippen LogP contribution in [-0.4, -0.2) is 14.4 Å². The quantitative estimate of drug-likeness (QED) is 0.432. The molecule has 3 rings (SSSR count). The topological polar surface area (TPSA) is 96.3 Å². The molecular weight excluding hydrogens is 436 g/mol. The van der Waals surface area contributed by atoms with Crippen molar-refractivity contribution in [1.82, 2.24) is 0 Å². The fraction of sp³-hybridized carbons (Fsp3) is 0.231. The summed E-state index contributed by atoms with van der Waals surface area (Å²) in [6.07, 6.45) is 3.13. The highest BCUT2D eigenvalue weighted by Crippen LogP contribution is 2.22. The number of sulfonamides is 1. The molecule has 0 aliphatic carbocycles. The van der Waals surface area contributed by atoms with E-state index in [4.69, 9.17) is 10.00 Å². The van der Waals surface area contributed by atoms with Gasteiger partial charge in [0.2, 0.25) is 0 Å². The van der Waals surface area contributed by atoms with E-state index < -0.39 is 16.0 Å². The first-order valence-electron chi connectivity index (χ1n) is 10.7. The van der Waals surface area contributed by atoms with Crippen LogP contribution in [0.1, 0.15) is 52.4 Å². The van der Waals surface area contributed by atoms with Crippen LogP contribution in [0, 0.1) is 18.3 Å². The molecule has 0 saturated carbocycles. The second-order valence-corrected chi connectivity index (χ2v) is 9.42. The molecule has 0 aliphatic rings. The van der Waals surface area contributed by atoms with Gasteiger partial charge in [0, 0.05) is 5.69 Å². The third-order valence-electron chi connectivity index (χ3n) is 5.19. The monoisotopic (exact) mass is 462 g/mol. The van der Waals surface area contributed by atoms with E-state index in [0.717, 1.165) is 30.4 Å². The van der Waals surface area contributed by atoms with E-state index >= 15 is 0 Å². The number of unbranched alkanes of at least 4 members (excludes halogenated alkanes) is 1. The third-order valence-corrected chi connectivity index (χ3v) is 6.71. The number of carbonyl (C=O) groups excluding carboxylic acids is 1. The van der Waals surface area contributed by atoms with Crippen molar-refractivity contribution < 1.29 is 17.9 Å². The summed E-state index contributed by atoms with van der Waals surface area (Å²) in [5.41, 5.74) is 3.52. The highest BCUT2D eigenvalue weighted by Gasteiger charge is 2.20. The zero-order chi connectivity index (χ0) is 23.8. The van der Waals surface area contributed by atoms with Crippen LogP contribution in [0.25, 0.3) is 0 Å². The number of benzene rings is 3. The Morgan fingerprint density at radius 3 is 2.30 bits per heavy atom. The molecule has 0 fully saturated rings. The second-order valence-electron chi connectivity index (χ2n) is 7.77. The molecule has 0 bridgehead atoms. The number of hydrogen-bond donors (Lipinski definition) is 1. The van der Waals surface area contributed by atoms with Gasteiger partial charge in [-0.2, -0.15) is 5.26 Å². The van der Waals surface area contributed by atoms with Crippen LogP contribution < -0.4 is 4.72 Å². The van der Waals surface area contributed by atoms with Crippen molar-refractivity contribution in [2.45, 2.75) is 44.6 Å². The molecule has 6 nitrogen and oxygen atoms in total. The van der Waals surface area contributed by atoms with E-state index in [0.29, 0.717) is 16.8 Å². The van der Waals surface area contributed by atoms with E-state index in [1.54, 1.807) is 49.4 Å². The molecule has 33 heavy (non-hydrogen) atoms. The van der Waals surface area contributed by atoms with Gasteiger partial charge in [-0.3, -0.25) is 4.72 Å². The second kappa shape index (κ2) is 10.8. The van der Waals surface area contributed by atoms with Crippen LogP contribution in [0.2, 0.25) is 0 Å². The summed E-state index contributed by atoms with van der Waals surface area (Å²) in [5.74, 6) is -0.629. The normalized spacial score (nSPS) is 10.9. The van der Waals surface area contributed by atoms with E-state index in [1.807, 2.05) is 18.2 Å². The van der Waals surface area contributed by atoms with Gasteiger partial charge in [-0.15, -0.1) is 0 Å². The van der Waals surface area contributed by atoms with Crippen LogP contribution in [0.5, 0.6) is 0 Å². The van der Waals surface area contributed by atoms with Gasteiger partial charge in [0.1, 0.15) is 6.61 Å². The minimum Gasteiger partial charge on any atom is -0.457 e. The van der Waals surface area contributed by atoms with Crippen molar-refractivity contribution >= 4 is 21.7 Å². The highest BCUT2D eigenvalue weighted by atomic mass is 32.2. The first-order valence-corrected chi connectivity index (χ1v) is 12.2. The SMILES string of the molecule is CCCCc1ccc(NS(=O)(=O)c2cc(C(=O)OCc3ccc(C#N)cc3)ccc2C)cc1. The average molecular weight is 463 g/mol. The lowest BCUT2D eigenvalue weighted by atomic mass is 10.1. The minimum absolute atomic E-state index is 0.0170. The van der Waals surface area contributed by atoms with Crippen LogP contribution in [0.15, 0.2) is 71.6 Å². The first-order chi connectivity index (χ1) is 15.8. The molecule has 0 radical (unpaired) electrons. The summed E-state index contributed by atoms with van der Waals surface area (Å²) < 4.78 is 33.9. The zero-order valence-electron chi connectivity index (χ0n) is 18.7. The maximum Gasteiger partial charge on any atom is 0.338 e. The van der Waals surface area contributed by atoms with Crippen molar-refractivity contribution in [2.24, 2.45) is 0 Å². The Morgan fingerprint density at radius 1 is 1.00 bits per heavy atom. The number of aryl methyl sites for hydroxylation is 2. The van der Waals surface area contributed by atoms with Crippen molar-refractivity contribution in [2.75, 3.05) is 4.72 Å². The standard InChI is InChI=1S/C26H26N2O4S/c1-3-4-5-20-11-14-24(15-12-20)28-33(30,31)25-16-23(13-6-19(25)2)26(29)32-18-22-9-7-21(17-27)8-10-22/h6-16,28H,3-5,18H2,1-2H3. The molecule has 7 heteroatoms. The number of nitriles is 1. The fourth-order valence-corrected chi connectivity index (χ4v) is 4.59. The minimum atomic E-state index is -3.89. The number of hydrogen-bond acceptors (Lipinski definition) is 5.